The third-order valence-corrected chi connectivity index (χ3v) is 12.4. The van der Waals surface area contributed by atoms with Gasteiger partial charge in [-0.3, -0.25) is 28.8 Å². The zero-order chi connectivity index (χ0) is 45.6. The molecule has 0 bridgehead atoms. The van der Waals surface area contributed by atoms with Crippen LogP contribution in [0.5, 0.6) is 0 Å². The number of methoxy groups -OCH3 is 3. The van der Waals surface area contributed by atoms with Gasteiger partial charge in [0, 0.05) is 85.5 Å². The average molecular weight is 913 g/mol. The number of nitrogens with one attached hydrogen (secondary N) is 5. The van der Waals surface area contributed by atoms with Gasteiger partial charge in [-0.25, -0.2) is 0 Å². The van der Waals surface area contributed by atoms with Gasteiger partial charge in [0.05, 0.1) is 66.1 Å². The Balaban J connectivity index is 5.16. The van der Waals surface area contributed by atoms with Crippen molar-refractivity contribution in [3.63, 3.8) is 0 Å². The summed E-state index contributed by atoms with van der Waals surface area (Å²) in [5.41, 5.74) is -0.195. The highest BCUT2D eigenvalue weighted by Crippen LogP contribution is 2.42. The van der Waals surface area contributed by atoms with Gasteiger partial charge in [0.25, 0.3) is 0 Å². The molecular formula is C40H75N5O14PS-. The molecule has 0 saturated heterocycles. The van der Waals surface area contributed by atoms with Crippen molar-refractivity contribution in [3.8, 4) is 0 Å². The van der Waals surface area contributed by atoms with Gasteiger partial charge in [-0.1, -0.05) is 38.5 Å². The Morgan fingerprint density at radius 2 is 1.05 bits per heavy atom. The maximum Gasteiger partial charge on any atom is 0.242 e. The quantitative estimate of drug-likeness (QED) is 0.0422. The molecule has 0 aliphatic rings. The van der Waals surface area contributed by atoms with Crippen LogP contribution in [0.15, 0.2) is 0 Å². The maximum atomic E-state index is 13.3. The number of hydrogen-bond acceptors (Lipinski definition) is 15. The minimum Gasteiger partial charge on any atom is -0.801 e. The number of rotatable bonds is 42. The van der Waals surface area contributed by atoms with Gasteiger partial charge in [-0.2, -0.15) is 0 Å². The van der Waals surface area contributed by atoms with E-state index < -0.39 is 36.2 Å². The van der Waals surface area contributed by atoms with Crippen LogP contribution in [0.3, 0.4) is 0 Å². The highest BCUT2D eigenvalue weighted by Gasteiger charge is 2.26. The summed E-state index contributed by atoms with van der Waals surface area (Å²) in [6.07, 6.45) is 3.27. The van der Waals surface area contributed by atoms with Crippen molar-refractivity contribution in [1.82, 2.24) is 26.6 Å². The number of carbonyl (C=O) groups is 6. The van der Waals surface area contributed by atoms with E-state index in [-0.39, 0.29) is 107 Å². The number of ketones is 1. The Hall–Kier alpha value is -2.65. The third kappa shape index (κ3) is 34.5. The second-order valence-electron chi connectivity index (χ2n) is 14.5. The number of carbonyl (C=O) groups excluding carboxylic acids is 6. The number of unbranched alkanes of at least 4 members (excludes halogenated alkanes) is 3. The monoisotopic (exact) mass is 912 g/mol. The number of hydrogen-bond donors (Lipinski definition) is 5. The fourth-order valence-corrected chi connectivity index (χ4v) is 6.25. The van der Waals surface area contributed by atoms with Crippen molar-refractivity contribution in [2.75, 3.05) is 114 Å². The van der Waals surface area contributed by atoms with Gasteiger partial charge < -0.3 is 64.4 Å². The van der Waals surface area contributed by atoms with Gasteiger partial charge >= 0.3 is 0 Å². The fourth-order valence-electron chi connectivity index (χ4n) is 5.34. The molecule has 0 aliphatic heterocycles. The summed E-state index contributed by atoms with van der Waals surface area (Å²) in [5.74, 6) is -3.02. The molecule has 356 valence electrons. The lowest BCUT2D eigenvalue weighted by Gasteiger charge is -2.31. The first-order valence-electron chi connectivity index (χ1n) is 21.3. The Kier molecular flexibility index (Phi) is 37.3. The van der Waals surface area contributed by atoms with Crippen LogP contribution in [-0.2, 0) is 73.5 Å². The van der Waals surface area contributed by atoms with E-state index in [0.29, 0.717) is 59.4 Å². The predicted octanol–water partition coefficient (Wildman–Crippen LogP) is 0.886. The number of Topliss-reactive ketones (excluding diaryl/α,β-unsaturated/α-hetero) is 1. The average Bonchev–Trinajstić information content (AvgIpc) is 3.22. The summed E-state index contributed by atoms with van der Waals surface area (Å²) < 4.78 is 36.4. The normalized spacial score (nSPS) is 13.2. The molecule has 0 radical (unpaired) electrons. The molecule has 0 saturated carbocycles. The molecule has 0 heterocycles. The van der Waals surface area contributed by atoms with Crippen molar-refractivity contribution in [2.24, 2.45) is 5.92 Å². The Morgan fingerprint density at radius 3 is 1.62 bits per heavy atom. The van der Waals surface area contributed by atoms with E-state index in [4.69, 9.17) is 44.8 Å². The molecule has 3 unspecified atom stereocenters. The molecule has 3 atom stereocenters. The lowest BCUT2D eigenvalue weighted by molar-refractivity contribution is -0.184. The standard InChI is InChI=1S/C40H76N5O14PS/c1-32(2)60(52,61)59-21-9-7-6-8-17-41-36(47)11-10-12-38(49)45-35(40(51)44-20-24-58-30-27-55-5)15-14-34(46)31-33(39(50)43-19-23-57-29-26-54-4)13-16-37(48)42-18-22-56-28-25-53-3/h32-33,35H,6-31H2,1-5H3,(H,41,47)(H,42,48)(H,43,50)(H,44,51)(H,45,49)(H,52,61)/p-1. The van der Waals surface area contributed by atoms with E-state index in [1.54, 1.807) is 35.2 Å². The van der Waals surface area contributed by atoms with Crippen LogP contribution in [0.1, 0.15) is 90.9 Å². The second-order valence-corrected chi connectivity index (χ2v) is 18.4. The smallest absolute Gasteiger partial charge is 0.242 e. The third-order valence-electron chi connectivity index (χ3n) is 8.99. The molecule has 61 heavy (non-hydrogen) atoms. The molecular weight excluding hydrogens is 838 g/mol. The summed E-state index contributed by atoms with van der Waals surface area (Å²) in [6, 6.07) is -1.06. The Morgan fingerprint density at radius 1 is 0.541 bits per heavy atom. The van der Waals surface area contributed by atoms with Gasteiger partial charge in [0.2, 0.25) is 29.5 Å². The largest absolute Gasteiger partial charge is 0.801 e. The minimum atomic E-state index is -2.99. The predicted molar refractivity (Wildman–Crippen MR) is 231 cm³/mol. The van der Waals surface area contributed by atoms with Crippen LogP contribution < -0.4 is 31.5 Å². The van der Waals surface area contributed by atoms with Crippen molar-refractivity contribution < 1.29 is 66.6 Å². The number of ether oxygens (including phenoxy) is 6. The molecule has 0 spiro atoms. The first kappa shape index (κ1) is 58.4. The van der Waals surface area contributed by atoms with Crippen LogP contribution in [0.25, 0.3) is 0 Å². The van der Waals surface area contributed by atoms with E-state index in [1.165, 1.54) is 0 Å². The molecule has 21 heteroatoms. The maximum absolute atomic E-state index is 13.3. The van der Waals surface area contributed by atoms with Crippen LogP contribution in [-0.4, -0.2) is 161 Å². The van der Waals surface area contributed by atoms with Crippen molar-refractivity contribution >= 4 is 53.6 Å². The van der Waals surface area contributed by atoms with E-state index >= 15 is 0 Å². The van der Waals surface area contributed by atoms with Gasteiger partial charge in [0.15, 0.2) is 0 Å². The van der Waals surface area contributed by atoms with Gasteiger partial charge in [-0.15, -0.1) is 0 Å². The number of amides is 5. The molecule has 0 aromatic rings. The molecule has 0 fully saturated rings. The van der Waals surface area contributed by atoms with Crippen LogP contribution in [0, 0.1) is 5.92 Å². The molecule has 5 N–H and O–H groups in total. The first-order valence-corrected chi connectivity index (χ1v) is 24.0. The van der Waals surface area contributed by atoms with Crippen molar-refractivity contribution in [3.05, 3.63) is 0 Å². The Bertz CT molecular complexity index is 1270. The minimum absolute atomic E-state index is 0.00421. The van der Waals surface area contributed by atoms with E-state index in [2.05, 4.69) is 26.6 Å². The highest BCUT2D eigenvalue weighted by molar-refractivity contribution is 8.09. The second kappa shape index (κ2) is 39.0. The first-order chi connectivity index (χ1) is 29.3. The summed E-state index contributed by atoms with van der Waals surface area (Å²) in [5, 5.41) is 13.8. The molecule has 0 aromatic carbocycles. The van der Waals surface area contributed by atoms with E-state index in [1.807, 2.05) is 0 Å². The SMILES string of the molecule is COCCOCCNC(=O)CCC(CC(=O)CCC(NC(=O)CCCC(=O)NCCCCCCOP([O-])(=S)C(C)C)C(=O)NCCOCCOC)C(=O)NCCOCCOC. The Labute approximate surface area is 368 Å². The summed E-state index contributed by atoms with van der Waals surface area (Å²) in [7, 11) is 4.65. The van der Waals surface area contributed by atoms with Crippen LogP contribution >= 0.6 is 6.49 Å². The lowest BCUT2D eigenvalue weighted by Crippen LogP contribution is -2.47. The van der Waals surface area contributed by atoms with Crippen LogP contribution in [0.2, 0.25) is 0 Å². The molecule has 0 aromatic heterocycles. The highest BCUT2D eigenvalue weighted by atomic mass is 32.5. The zero-order valence-corrected chi connectivity index (χ0v) is 38.9. The van der Waals surface area contributed by atoms with Crippen LogP contribution in [0.4, 0.5) is 0 Å². The van der Waals surface area contributed by atoms with Crippen molar-refractivity contribution in [2.45, 2.75) is 103 Å². The zero-order valence-electron chi connectivity index (χ0n) is 37.2. The lowest BCUT2D eigenvalue weighted by atomic mass is 9.93. The molecule has 5 amide bonds. The van der Waals surface area contributed by atoms with Gasteiger partial charge in [-0.05, 0) is 44.3 Å². The fraction of sp³-hybridized carbons (Fsp3) is 0.850. The van der Waals surface area contributed by atoms with E-state index in [9.17, 15) is 33.7 Å². The summed E-state index contributed by atoms with van der Waals surface area (Å²) >= 11 is 5.01. The van der Waals surface area contributed by atoms with E-state index in [0.717, 1.165) is 25.7 Å². The topological polar surface area (TPSA) is 250 Å². The summed E-state index contributed by atoms with van der Waals surface area (Å²) in [4.78, 5) is 89.6. The van der Waals surface area contributed by atoms with Gasteiger partial charge in [0.1, 0.15) is 11.8 Å². The summed E-state index contributed by atoms with van der Waals surface area (Å²) in [6.45, 7) is 5.06. The van der Waals surface area contributed by atoms with Crippen molar-refractivity contribution in [1.29, 1.82) is 0 Å². The molecule has 0 aliphatic carbocycles. The molecule has 0 rings (SSSR count). The molecule has 19 nitrogen and oxygen atoms in total.